The molecule has 0 saturated heterocycles. The number of nitrogens with two attached hydrogens (primary N) is 1. The van der Waals surface area contributed by atoms with Crippen LogP contribution in [0.3, 0.4) is 0 Å². The highest BCUT2D eigenvalue weighted by Gasteiger charge is 2.16. The smallest absolute Gasteiger partial charge is 0.237 e. The van der Waals surface area contributed by atoms with Crippen molar-refractivity contribution in [2.24, 2.45) is 0 Å². The highest BCUT2D eigenvalue weighted by Crippen LogP contribution is 2.20. The van der Waals surface area contributed by atoms with Gasteiger partial charge in [-0.2, -0.15) is 0 Å². The minimum atomic E-state index is -0.182. The van der Waals surface area contributed by atoms with E-state index in [2.05, 4.69) is 4.98 Å². The van der Waals surface area contributed by atoms with Crippen molar-refractivity contribution >= 4 is 5.69 Å². The summed E-state index contributed by atoms with van der Waals surface area (Å²) in [5.74, 6) is 0.506. The number of nitrogens with zero attached hydrogens (tertiary/aromatic N) is 1. The molecule has 0 saturated carbocycles. The van der Waals surface area contributed by atoms with Crippen LogP contribution < -0.4 is 10.5 Å². The standard InChI is InChI=1S/C12H20N2O2/c1-9-5-6-10(13)11(14-9)16-8-7-12(2,3)15-4/h5-6H,7-8,13H2,1-4H3. The molecule has 1 aromatic heterocycles. The summed E-state index contributed by atoms with van der Waals surface area (Å²) in [7, 11) is 1.69. The molecule has 0 aromatic carbocycles. The maximum absolute atomic E-state index is 5.75. The lowest BCUT2D eigenvalue weighted by Crippen LogP contribution is -2.25. The largest absolute Gasteiger partial charge is 0.476 e. The Balaban J connectivity index is 2.52. The third-order valence-corrected chi connectivity index (χ3v) is 2.52. The van der Waals surface area contributed by atoms with E-state index < -0.39 is 0 Å². The van der Waals surface area contributed by atoms with Crippen LogP contribution in [0.5, 0.6) is 5.88 Å². The summed E-state index contributed by atoms with van der Waals surface area (Å²) in [6.07, 6.45) is 0.790. The summed E-state index contributed by atoms with van der Waals surface area (Å²) in [5, 5.41) is 0. The van der Waals surface area contributed by atoms with Crippen molar-refractivity contribution in [2.45, 2.75) is 32.8 Å². The lowest BCUT2D eigenvalue weighted by molar-refractivity contribution is 0.00514. The van der Waals surface area contributed by atoms with E-state index in [1.54, 1.807) is 13.2 Å². The molecule has 0 aliphatic heterocycles. The molecule has 1 aromatic rings. The maximum atomic E-state index is 5.75. The van der Waals surface area contributed by atoms with Gasteiger partial charge in [0, 0.05) is 19.2 Å². The van der Waals surface area contributed by atoms with Crippen molar-refractivity contribution in [1.82, 2.24) is 4.98 Å². The number of nitrogen functional groups attached to an aromatic ring is 1. The minimum Gasteiger partial charge on any atom is -0.476 e. The molecule has 0 unspecified atom stereocenters. The first-order chi connectivity index (χ1) is 7.44. The summed E-state index contributed by atoms with van der Waals surface area (Å²) in [5.41, 5.74) is 7.04. The highest BCUT2D eigenvalue weighted by atomic mass is 16.5. The Hall–Kier alpha value is -1.29. The predicted octanol–water partition coefficient (Wildman–Crippen LogP) is 2.17. The van der Waals surface area contributed by atoms with Gasteiger partial charge in [-0.05, 0) is 32.9 Å². The second-order valence-electron chi connectivity index (χ2n) is 4.41. The average molecular weight is 224 g/mol. The molecule has 1 heterocycles. The van der Waals surface area contributed by atoms with E-state index in [0.717, 1.165) is 12.1 Å². The zero-order chi connectivity index (χ0) is 12.2. The van der Waals surface area contributed by atoms with Crippen LogP contribution in [0.1, 0.15) is 26.0 Å². The van der Waals surface area contributed by atoms with Gasteiger partial charge in [-0.1, -0.05) is 0 Å². The molecule has 0 aliphatic carbocycles. The first kappa shape index (κ1) is 12.8. The Morgan fingerprint density at radius 3 is 2.69 bits per heavy atom. The molecular formula is C12H20N2O2. The monoisotopic (exact) mass is 224 g/mol. The van der Waals surface area contributed by atoms with E-state index in [1.807, 2.05) is 26.8 Å². The van der Waals surface area contributed by atoms with Gasteiger partial charge in [-0.15, -0.1) is 0 Å². The maximum Gasteiger partial charge on any atom is 0.237 e. The van der Waals surface area contributed by atoms with Crippen LogP contribution in [-0.4, -0.2) is 24.3 Å². The SMILES string of the molecule is COC(C)(C)CCOc1nc(C)ccc1N. The Morgan fingerprint density at radius 2 is 2.06 bits per heavy atom. The first-order valence-corrected chi connectivity index (χ1v) is 5.36. The molecule has 0 aliphatic rings. The van der Waals surface area contributed by atoms with Gasteiger partial charge in [0.05, 0.1) is 17.9 Å². The summed E-state index contributed by atoms with van der Waals surface area (Å²) in [6, 6.07) is 3.67. The molecule has 0 amide bonds. The Bertz CT molecular complexity index is 351. The number of rotatable bonds is 5. The van der Waals surface area contributed by atoms with Crippen LogP contribution in [0, 0.1) is 6.92 Å². The van der Waals surface area contributed by atoms with Crippen LogP contribution in [0.15, 0.2) is 12.1 Å². The summed E-state index contributed by atoms with van der Waals surface area (Å²) in [4.78, 5) is 4.23. The number of hydrogen-bond acceptors (Lipinski definition) is 4. The number of aryl methyl sites for hydroxylation is 1. The number of methoxy groups -OCH3 is 1. The van der Waals surface area contributed by atoms with E-state index in [9.17, 15) is 0 Å². The van der Waals surface area contributed by atoms with Gasteiger partial charge >= 0.3 is 0 Å². The molecule has 0 bridgehead atoms. The molecule has 0 radical (unpaired) electrons. The molecule has 0 atom stereocenters. The Kier molecular flexibility index (Phi) is 4.12. The van der Waals surface area contributed by atoms with Gasteiger partial charge in [0.1, 0.15) is 0 Å². The fraction of sp³-hybridized carbons (Fsp3) is 0.583. The summed E-state index contributed by atoms with van der Waals surface area (Å²) >= 11 is 0. The van der Waals surface area contributed by atoms with E-state index in [-0.39, 0.29) is 5.60 Å². The number of ether oxygens (including phenoxy) is 2. The van der Waals surface area contributed by atoms with Crippen molar-refractivity contribution in [3.63, 3.8) is 0 Å². The van der Waals surface area contributed by atoms with E-state index >= 15 is 0 Å². The predicted molar refractivity (Wildman–Crippen MR) is 64.6 cm³/mol. The van der Waals surface area contributed by atoms with Crippen LogP contribution in [0.4, 0.5) is 5.69 Å². The topological polar surface area (TPSA) is 57.4 Å². The summed E-state index contributed by atoms with van der Waals surface area (Å²) in [6.45, 7) is 6.49. The number of aromatic nitrogens is 1. The molecule has 4 nitrogen and oxygen atoms in total. The normalized spacial score (nSPS) is 11.5. The van der Waals surface area contributed by atoms with Gasteiger partial charge in [0.15, 0.2) is 0 Å². The van der Waals surface area contributed by atoms with E-state index in [1.165, 1.54) is 0 Å². The number of anilines is 1. The van der Waals surface area contributed by atoms with Crippen LogP contribution >= 0.6 is 0 Å². The van der Waals surface area contributed by atoms with E-state index in [4.69, 9.17) is 15.2 Å². The van der Waals surface area contributed by atoms with Crippen molar-refractivity contribution < 1.29 is 9.47 Å². The van der Waals surface area contributed by atoms with Crippen molar-refractivity contribution in [2.75, 3.05) is 19.5 Å². The lowest BCUT2D eigenvalue weighted by Gasteiger charge is -2.22. The van der Waals surface area contributed by atoms with Gasteiger partial charge < -0.3 is 15.2 Å². The fourth-order valence-electron chi connectivity index (χ4n) is 1.15. The molecule has 16 heavy (non-hydrogen) atoms. The number of pyridine rings is 1. The zero-order valence-corrected chi connectivity index (χ0v) is 10.4. The third kappa shape index (κ3) is 3.70. The van der Waals surface area contributed by atoms with Crippen LogP contribution in [0.25, 0.3) is 0 Å². The number of hydrogen-bond donors (Lipinski definition) is 1. The average Bonchev–Trinajstić information content (AvgIpc) is 2.23. The Morgan fingerprint density at radius 1 is 1.38 bits per heavy atom. The molecule has 0 fully saturated rings. The second kappa shape index (κ2) is 5.16. The van der Waals surface area contributed by atoms with Crippen molar-refractivity contribution in [3.8, 4) is 5.88 Å². The molecule has 90 valence electrons. The van der Waals surface area contributed by atoms with Crippen molar-refractivity contribution in [3.05, 3.63) is 17.8 Å². The van der Waals surface area contributed by atoms with Crippen LogP contribution in [-0.2, 0) is 4.74 Å². The molecule has 1 rings (SSSR count). The lowest BCUT2D eigenvalue weighted by atomic mass is 10.1. The van der Waals surface area contributed by atoms with E-state index in [0.29, 0.717) is 18.2 Å². The third-order valence-electron chi connectivity index (χ3n) is 2.52. The minimum absolute atomic E-state index is 0.182. The molecule has 4 heteroatoms. The summed E-state index contributed by atoms with van der Waals surface area (Å²) < 4.78 is 10.8. The van der Waals surface area contributed by atoms with Gasteiger partial charge in [0.2, 0.25) is 5.88 Å². The van der Waals surface area contributed by atoms with Gasteiger partial charge in [-0.25, -0.2) is 4.98 Å². The molecule has 0 spiro atoms. The molecule has 2 N–H and O–H groups in total. The van der Waals surface area contributed by atoms with Crippen molar-refractivity contribution in [1.29, 1.82) is 0 Å². The molecular weight excluding hydrogens is 204 g/mol. The highest BCUT2D eigenvalue weighted by molar-refractivity contribution is 5.48. The van der Waals surface area contributed by atoms with Crippen LogP contribution in [0.2, 0.25) is 0 Å². The Labute approximate surface area is 96.8 Å². The fourth-order valence-corrected chi connectivity index (χ4v) is 1.15. The quantitative estimate of drug-likeness (QED) is 0.832. The van der Waals surface area contributed by atoms with Gasteiger partial charge in [-0.3, -0.25) is 0 Å². The zero-order valence-electron chi connectivity index (χ0n) is 10.4. The second-order valence-corrected chi connectivity index (χ2v) is 4.41. The van der Waals surface area contributed by atoms with Gasteiger partial charge in [0.25, 0.3) is 0 Å². The first-order valence-electron chi connectivity index (χ1n) is 5.36.